The van der Waals surface area contributed by atoms with Crippen molar-refractivity contribution < 1.29 is 14.3 Å². The first-order chi connectivity index (χ1) is 12.2. The van der Waals surface area contributed by atoms with Crippen molar-refractivity contribution in [3.05, 3.63) is 47.0 Å². The zero-order valence-corrected chi connectivity index (χ0v) is 14.2. The van der Waals surface area contributed by atoms with Gasteiger partial charge in [-0.05, 0) is 43.7 Å². The van der Waals surface area contributed by atoms with Crippen molar-refractivity contribution in [2.24, 2.45) is 0 Å². The molecule has 3 rings (SSSR count). The highest BCUT2D eigenvalue weighted by Crippen LogP contribution is 2.36. The Morgan fingerprint density at radius 1 is 1.20 bits per heavy atom. The van der Waals surface area contributed by atoms with Gasteiger partial charge in [-0.3, -0.25) is 0 Å². The maximum Gasteiger partial charge on any atom is 0.344 e. The van der Waals surface area contributed by atoms with E-state index in [0.717, 1.165) is 48.1 Å². The summed E-state index contributed by atoms with van der Waals surface area (Å²) < 4.78 is 10.5. The minimum atomic E-state index is -0.466. The Morgan fingerprint density at radius 2 is 1.92 bits per heavy atom. The average molecular weight is 336 g/mol. The fourth-order valence-electron chi connectivity index (χ4n) is 3.18. The van der Waals surface area contributed by atoms with E-state index >= 15 is 0 Å². The summed E-state index contributed by atoms with van der Waals surface area (Å²) in [5.41, 5.74) is 4.40. The minimum absolute atomic E-state index is 0.218. The predicted octanol–water partition coefficient (Wildman–Crippen LogP) is 3.44. The molecule has 0 radical (unpaired) electrons. The number of benzene rings is 1. The molecule has 0 fully saturated rings. The van der Waals surface area contributed by atoms with E-state index in [2.05, 4.69) is 11.1 Å². The van der Waals surface area contributed by atoms with Crippen LogP contribution < -0.4 is 4.74 Å². The minimum Gasteiger partial charge on any atom is -0.465 e. The summed E-state index contributed by atoms with van der Waals surface area (Å²) in [5, 5.41) is 9.62. The largest absolute Gasteiger partial charge is 0.465 e. The number of rotatable bonds is 5. The summed E-state index contributed by atoms with van der Waals surface area (Å²) in [7, 11) is 0. The highest BCUT2D eigenvalue weighted by Gasteiger charge is 2.24. The Morgan fingerprint density at radius 3 is 2.60 bits per heavy atom. The predicted molar refractivity (Wildman–Crippen MR) is 93.2 cm³/mol. The monoisotopic (exact) mass is 336 g/mol. The molecule has 5 nitrogen and oxygen atoms in total. The maximum atomic E-state index is 11.6. The van der Waals surface area contributed by atoms with Crippen LogP contribution in [0.2, 0.25) is 0 Å². The number of hydrogen-bond acceptors (Lipinski definition) is 5. The van der Waals surface area contributed by atoms with Crippen LogP contribution in [0.25, 0.3) is 11.3 Å². The van der Waals surface area contributed by atoms with Crippen LogP contribution in [0, 0.1) is 11.3 Å². The molecular formula is C20H20N2O3. The lowest BCUT2D eigenvalue weighted by Gasteiger charge is -2.22. The number of esters is 1. The number of nitriles is 1. The van der Waals surface area contributed by atoms with E-state index in [0.29, 0.717) is 12.2 Å². The van der Waals surface area contributed by atoms with E-state index in [1.165, 1.54) is 0 Å². The third-order valence-corrected chi connectivity index (χ3v) is 4.27. The highest BCUT2D eigenvalue weighted by molar-refractivity contribution is 5.72. The normalized spacial score (nSPS) is 12.8. The van der Waals surface area contributed by atoms with Crippen molar-refractivity contribution in [2.75, 3.05) is 13.2 Å². The number of hydrogen-bond donors (Lipinski definition) is 0. The lowest BCUT2D eigenvalue weighted by molar-refractivity contribution is -0.145. The smallest absolute Gasteiger partial charge is 0.344 e. The third-order valence-electron chi connectivity index (χ3n) is 4.27. The van der Waals surface area contributed by atoms with E-state index in [1.807, 2.05) is 30.3 Å². The molecule has 1 heterocycles. The fraction of sp³-hybridized carbons (Fsp3) is 0.350. The van der Waals surface area contributed by atoms with Gasteiger partial charge in [-0.15, -0.1) is 0 Å². The van der Waals surface area contributed by atoms with Crippen LogP contribution in [0.3, 0.4) is 0 Å². The molecule has 0 spiro atoms. The van der Waals surface area contributed by atoms with Crippen LogP contribution in [0.5, 0.6) is 5.88 Å². The third kappa shape index (κ3) is 3.63. The van der Waals surface area contributed by atoms with E-state index < -0.39 is 5.97 Å². The number of fused-ring (bicyclic) bond motifs is 1. The zero-order chi connectivity index (χ0) is 17.6. The first-order valence-corrected chi connectivity index (χ1v) is 8.54. The van der Waals surface area contributed by atoms with Crippen molar-refractivity contribution in [1.82, 2.24) is 4.98 Å². The first-order valence-electron chi connectivity index (χ1n) is 8.54. The van der Waals surface area contributed by atoms with Gasteiger partial charge in [0, 0.05) is 5.56 Å². The molecule has 1 aliphatic carbocycles. The average Bonchev–Trinajstić information content (AvgIpc) is 2.66. The summed E-state index contributed by atoms with van der Waals surface area (Å²) in [6.07, 6.45) is 3.86. The number of carbonyl (C=O) groups excluding carboxylic acids is 1. The highest BCUT2D eigenvalue weighted by atomic mass is 16.6. The van der Waals surface area contributed by atoms with Crippen molar-refractivity contribution in [1.29, 1.82) is 5.26 Å². The van der Waals surface area contributed by atoms with Gasteiger partial charge in [0.1, 0.15) is 11.6 Å². The number of nitrogens with zero attached hydrogens (tertiary/aromatic N) is 2. The molecule has 0 aliphatic heterocycles. The van der Waals surface area contributed by atoms with Gasteiger partial charge in [0.25, 0.3) is 0 Å². The molecule has 5 heteroatoms. The summed E-state index contributed by atoms with van der Waals surface area (Å²) in [6.45, 7) is 1.78. The molecule has 0 amide bonds. The molecule has 1 aromatic heterocycles. The van der Waals surface area contributed by atoms with Gasteiger partial charge < -0.3 is 9.47 Å². The molecule has 25 heavy (non-hydrogen) atoms. The van der Waals surface area contributed by atoms with Gasteiger partial charge in [0.15, 0.2) is 6.61 Å². The number of pyridine rings is 1. The van der Waals surface area contributed by atoms with Gasteiger partial charge in [-0.1, -0.05) is 30.3 Å². The second kappa shape index (κ2) is 7.80. The Bertz CT molecular complexity index is 810. The first kappa shape index (κ1) is 17.0. The molecule has 128 valence electrons. The summed E-state index contributed by atoms with van der Waals surface area (Å²) in [4.78, 5) is 16.2. The quantitative estimate of drug-likeness (QED) is 0.782. The van der Waals surface area contributed by atoms with Crippen molar-refractivity contribution in [3.63, 3.8) is 0 Å². The van der Waals surface area contributed by atoms with E-state index in [-0.39, 0.29) is 12.5 Å². The topological polar surface area (TPSA) is 72.2 Å². The second-order valence-corrected chi connectivity index (χ2v) is 5.88. The van der Waals surface area contributed by atoms with E-state index in [4.69, 9.17) is 9.47 Å². The van der Waals surface area contributed by atoms with Gasteiger partial charge in [-0.2, -0.15) is 5.26 Å². The summed E-state index contributed by atoms with van der Waals surface area (Å²) in [5.74, 6) is -0.248. The molecule has 0 saturated heterocycles. The Hall–Kier alpha value is -2.87. The molecule has 0 unspecified atom stereocenters. The second-order valence-electron chi connectivity index (χ2n) is 5.88. The van der Waals surface area contributed by atoms with E-state index in [1.54, 1.807) is 6.92 Å². The molecule has 0 saturated carbocycles. The molecular weight excluding hydrogens is 316 g/mol. The summed E-state index contributed by atoms with van der Waals surface area (Å²) in [6, 6.07) is 12.1. The number of carbonyl (C=O) groups is 1. The number of ether oxygens (including phenoxy) is 2. The van der Waals surface area contributed by atoms with Crippen LogP contribution in [-0.4, -0.2) is 24.2 Å². The van der Waals surface area contributed by atoms with Crippen molar-refractivity contribution in [2.45, 2.75) is 32.6 Å². The molecule has 2 aromatic rings. The van der Waals surface area contributed by atoms with Crippen LogP contribution in [-0.2, 0) is 22.4 Å². The van der Waals surface area contributed by atoms with Crippen LogP contribution in [0.1, 0.15) is 36.5 Å². The molecule has 0 bridgehead atoms. The Kier molecular flexibility index (Phi) is 5.30. The van der Waals surface area contributed by atoms with E-state index in [9.17, 15) is 10.1 Å². The van der Waals surface area contributed by atoms with Crippen LogP contribution in [0.15, 0.2) is 30.3 Å². The van der Waals surface area contributed by atoms with Crippen molar-refractivity contribution in [3.8, 4) is 23.2 Å². The van der Waals surface area contributed by atoms with Crippen LogP contribution >= 0.6 is 0 Å². The van der Waals surface area contributed by atoms with Gasteiger partial charge in [-0.25, -0.2) is 9.78 Å². The Labute approximate surface area is 147 Å². The molecule has 1 aliphatic rings. The van der Waals surface area contributed by atoms with Gasteiger partial charge in [0.2, 0.25) is 5.88 Å². The lowest BCUT2D eigenvalue weighted by atomic mass is 9.86. The van der Waals surface area contributed by atoms with Gasteiger partial charge in [0.05, 0.1) is 12.3 Å². The fourth-order valence-corrected chi connectivity index (χ4v) is 3.18. The SMILES string of the molecule is CCOC(=O)COc1nc(-c2ccccc2)c2c(c1C#N)CCCC2. The number of aromatic nitrogens is 1. The summed E-state index contributed by atoms with van der Waals surface area (Å²) >= 11 is 0. The van der Waals surface area contributed by atoms with Gasteiger partial charge >= 0.3 is 5.97 Å². The van der Waals surface area contributed by atoms with Crippen LogP contribution in [0.4, 0.5) is 0 Å². The Balaban J connectivity index is 2.05. The maximum absolute atomic E-state index is 11.6. The molecule has 1 aromatic carbocycles. The van der Waals surface area contributed by atoms with Crippen molar-refractivity contribution >= 4 is 5.97 Å². The lowest BCUT2D eigenvalue weighted by Crippen LogP contribution is -2.17. The standard InChI is InChI=1S/C20H20N2O3/c1-2-24-18(23)13-25-20-17(12-21)15-10-6-7-11-16(15)19(22-20)14-8-4-3-5-9-14/h3-5,8-9H,2,6-7,10-11,13H2,1H3. The zero-order valence-electron chi connectivity index (χ0n) is 14.2. The molecule has 0 atom stereocenters. The molecule has 0 N–H and O–H groups in total.